The van der Waals surface area contributed by atoms with Crippen LogP contribution in [0.25, 0.3) is 16.7 Å². The number of hydrogen-bond donors (Lipinski definition) is 1. The number of rotatable bonds is 1. The Morgan fingerprint density at radius 2 is 1.79 bits per heavy atom. The Hall–Kier alpha value is -1.72. The van der Waals surface area contributed by atoms with Gasteiger partial charge in [-0.15, -0.1) is 0 Å². The molecule has 0 saturated carbocycles. The zero-order valence-corrected chi connectivity index (χ0v) is 11.0. The average molecular weight is 297 g/mol. The second-order valence-corrected chi connectivity index (χ2v) is 4.82. The Morgan fingerprint density at radius 1 is 1.11 bits per heavy atom. The molecule has 1 N–H and O–H groups in total. The van der Waals surface area contributed by atoms with Crippen molar-refractivity contribution in [3.05, 3.63) is 57.8 Å². The molecule has 0 aliphatic rings. The smallest absolute Gasteiger partial charge is 0.182 e. The quantitative estimate of drug-likeness (QED) is 0.650. The third kappa shape index (κ3) is 2.05. The minimum absolute atomic E-state index is 0.316. The summed E-state index contributed by atoms with van der Waals surface area (Å²) < 4.78 is 28.5. The monoisotopic (exact) mass is 296 g/mol. The largest absolute Gasteiger partial charge is 0.329 e. The first-order valence-electron chi connectivity index (χ1n) is 5.42. The lowest BCUT2D eigenvalue weighted by Crippen LogP contribution is -1.96. The summed E-state index contributed by atoms with van der Waals surface area (Å²) in [5, 5.41) is 0.499. The summed E-state index contributed by atoms with van der Waals surface area (Å²) in [6, 6.07) is 8.48. The van der Waals surface area contributed by atoms with Gasteiger partial charge < -0.3 is 4.98 Å². The highest BCUT2D eigenvalue weighted by Gasteiger charge is 2.10. The molecule has 0 radical (unpaired) electrons. The molecule has 1 heterocycles. The van der Waals surface area contributed by atoms with Crippen molar-refractivity contribution in [2.45, 2.75) is 0 Å². The minimum Gasteiger partial charge on any atom is -0.329 e. The van der Waals surface area contributed by atoms with E-state index in [4.69, 9.17) is 23.8 Å². The average Bonchev–Trinajstić information content (AvgIpc) is 2.65. The van der Waals surface area contributed by atoms with E-state index in [0.717, 1.165) is 6.07 Å². The summed E-state index contributed by atoms with van der Waals surface area (Å²) in [7, 11) is 0. The van der Waals surface area contributed by atoms with Gasteiger partial charge in [0.15, 0.2) is 4.77 Å². The molecular formula is C13H7ClF2N2S. The lowest BCUT2D eigenvalue weighted by molar-refractivity contribution is 0.581. The van der Waals surface area contributed by atoms with E-state index < -0.39 is 11.6 Å². The van der Waals surface area contributed by atoms with Crippen LogP contribution in [-0.4, -0.2) is 9.55 Å². The van der Waals surface area contributed by atoms with Crippen LogP contribution in [-0.2, 0) is 0 Å². The maximum Gasteiger partial charge on any atom is 0.182 e. The minimum atomic E-state index is -0.659. The molecule has 3 rings (SSSR count). The van der Waals surface area contributed by atoms with Gasteiger partial charge in [0.1, 0.15) is 11.6 Å². The van der Waals surface area contributed by atoms with Crippen molar-refractivity contribution in [1.82, 2.24) is 9.55 Å². The Morgan fingerprint density at radius 3 is 2.47 bits per heavy atom. The van der Waals surface area contributed by atoms with Gasteiger partial charge in [0.25, 0.3) is 0 Å². The van der Waals surface area contributed by atoms with E-state index in [0.29, 0.717) is 26.5 Å². The Bertz CT molecular complexity index is 818. The van der Waals surface area contributed by atoms with Crippen LogP contribution in [0.15, 0.2) is 36.4 Å². The molecule has 1 aromatic heterocycles. The van der Waals surface area contributed by atoms with E-state index in [9.17, 15) is 8.78 Å². The standard InChI is InChI=1S/C13H7ClF2N2S/c14-10-2-1-3-11-12(10)17-13(19)18(11)9-5-7(15)4-8(16)6-9/h1-6H,(H,17,19). The van der Waals surface area contributed by atoms with Crippen LogP contribution < -0.4 is 0 Å². The summed E-state index contributed by atoms with van der Waals surface area (Å²) >= 11 is 11.2. The van der Waals surface area contributed by atoms with Crippen molar-refractivity contribution >= 4 is 34.9 Å². The molecule has 0 spiro atoms. The van der Waals surface area contributed by atoms with Gasteiger partial charge >= 0.3 is 0 Å². The molecule has 0 fully saturated rings. The van der Waals surface area contributed by atoms with Gasteiger partial charge in [-0.3, -0.25) is 4.57 Å². The van der Waals surface area contributed by atoms with Gasteiger partial charge in [-0.05, 0) is 36.5 Å². The summed E-state index contributed by atoms with van der Waals surface area (Å²) in [4.78, 5) is 2.93. The number of H-pyrrole nitrogens is 1. The summed E-state index contributed by atoms with van der Waals surface area (Å²) in [5.41, 5.74) is 1.62. The first-order valence-corrected chi connectivity index (χ1v) is 6.20. The maximum atomic E-state index is 13.3. The van der Waals surface area contributed by atoms with Crippen LogP contribution >= 0.6 is 23.8 Å². The van der Waals surface area contributed by atoms with Crippen LogP contribution in [0.3, 0.4) is 0 Å². The molecule has 2 nitrogen and oxygen atoms in total. The molecular weight excluding hydrogens is 290 g/mol. The fraction of sp³-hybridized carbons (Fsp3) is 0. The van der Waals surface area contributed by atoms with Gasteiger partial charge in [-0.25, -0.2) is 8.78 Å². The number of fused-ring (bicyclic) bond motifs is 1. The van der Waals surface area contributed by atoms with Crippen molar-refractivity contribution in [3.8, 4) is 5.69 Å². The maximum absolute atomic E-state index is 13.3. The van der Waals surface area contributed by atoms with Crippen molar-refractivity contribution in [3.63, 3.8) is 0 Å². The number of nitrogens with zero attached hydrogens (tertiary/aromatic N) is 1. The van der Waals surface area contributed by atoms with Crippen LogP contribution in [0.1, 0.15) is 0 Å². The molecule has 0 bridgehead atoms. The first kappa shape index (κ1) is 12.3. The molecule has 3 aromatic rings. The molecule has 2 aromatic carbocycles. The number of para-hydroxylation sites is 1. The molecule has 6 heteroatoms. The number of nitrogens with one attached hydrogen (secondary N) is 1. The molecule has 0 saturated heterocycles. The topological polar surface area (TPSA) is 20.7 Å². The van der Waals surface area contributed by atoms with E-state index in [1.807, 2.05) is 0 Å². The van der Waals surface area contributed by atoms with Crippen LogP contribution in [0.5, 0.6) is 0 Å². The summed E-state index contributed by atoms with van der Waals surface area (Å²) in [6.07, 6.45) is 0. The van der Waals surface area contributed by atoms with Gasteiger partial charge in [-0.2, -0.15) is 0 Å². The molecule has 0 amide bonds. The SMILES string of the molecule is Fc1cc(F)cc(-n2c(=S)[nH]c3c(Cl)cccc32)c1. The number of hydrogen-bond acceptors (Lipinski definition) is 1. The van der Waals surface area contributed by atoms with Crippen LogP contribution in [0.2, 0.25) is 5.02 Å². The number of benzene rings is 2. The van der Waals surface area contributed by atoms with Gasteiger partial charge in [0.2, 0.25) is 0 Å². The summed E-state index contributed by atoms with van der Waals surface area (Å²) in [6.45, 7) is 0. The van der Waals surface area contributed by atoms with Gasteiger partial charge in [0, 0.05) is 6.07 Å². The third-order valence-electron chi connectivity index (χ3n) is 2.77. The Labute approximate surface area is 117 Å². The van der Waals surface area contributed by atoms with Gasteiger partial charge in [-0.1, -0.05) is 17.7 Å². The second kappa shape index (κ2) is 4.43. The van der Waals surface area contributed by atoms with Gasteiger partial charge in [0.05, 0.1) is 21.7 Å². The predicted molar refractivity (Wildman–Crippen MR) is 73.4 cm³/mol. The fourth-order valence-electron chi connectivity index (χ4n) is 2.02. The lowest BCUT2D eigenvalue weighted by atomic mass is 10.2. The Kier molecular flexibility index (Phi) is 2.88. The zero-order chi connectivity index (χ0) is 13.6. The molecule has 0 unspecified atom stereocenters. The van der Waals surface area contributed by atoms with E-state index in [1.165, 1.54) is 12.1 Å². The molecule has 0 atom stereocenters. The van der Waals surface area contributed by atoms with E-state index in [2.05, 4.69) is 4.98 Å². The van der Waals surface area contributed by atoms with E-state index in [-0.39, 0.29) is 0 Å². The second-order valence-electron chi connectivity index (χ2n) is 4.03. The number of aromatic amines is 1. The van der Waals surface area contributed by atoms with Crippen molar-refractivity contribution in [1.29, 1.82) is 0 Å². The lowest BCUT2D eigenvalue weighted by Gasteiger charge is -2.05. The Balaban J connectivity index is 2.39. The number of aromatic nitrogens is 2. The number of halogens is 3. The van der Waals surface area contributed by atoms with Crippen molar-refractivity contribution < 1.29 is 8.78 Å². The summed E-state index contributed by atoms with van der Waals surface area (Å²) in [5.74, 6) is -1.32. The van der Waals surface area contributed by atoms with Crippen LogP contribution in [0, 0.1) is 16.4 Å². The van der Waals surface area contributed by atoms with E-state index in [1.54, 1.807) is 22.8 Å². The van der Waals surface area contributed by atoms with Crippen LogP contribution in [0.4, 0.5) is 8.78 Å². The molecule has 19 heavy (non-hydrogen) atoms. The number of imidazole rings is 1. The molecule has 0 aliphatic heterocycles. The van der Waals surface area contributed by atoms with Crippen molar-refractivity contribution in [2.75, 3.05) is 0 Å². The fourth-order valence-corrected chi connectivity index (χ4v) is 2.54. The highest BCUT2D eigenvalue weighted by atomic mass is 35.5. The van der Waals surface area contributed by atoms with E-state index >= 15 is 0 Å². The highest BCUT2D eigenvalue weighted by molar-refractivity contribution is 7.71. The molecule has 0 aliphatic carbocycles. The zero-order valence-electron chi connectivity index (χ0n) is 9.45. The highest BCUT2D eigenvalue weighted by Crippen LogP contribution is 2.26. The van der Waals surface area contributed by atoms with Crippen molar-refractivity contribution in [2.24, 2.45) is 0 Å². The predicted octanol–water partition coefficient (Wildman–Crippen LogP) is 4.62. The third-order valence-corrected chi connectivity index (χ3v) is 3.37. The first-order chi connectivity index (χ1) is 9.06. The normalized spacial score (nSPS) is 11.1. The molecule has 96 valence electrons.